The lowest BCUT2D eigenvalue weighted by Gasteiger charge is -2.37. The molecule has 0 saturated carbocycles. The minimum absolute atomic E-state index is 0.00791. The summed E-state index contributed by atoms with van der Waals surface area (Å²) in [6.07, 6.45) is 4.74. The molecule has 4 amide bonds. The van der Waals surface area contributed by atoms with E-state index in [-0.39, 0.29) is 122 Å². The van der Waals surface area contributed by atoms with E-state index in [9.17, 15) is 89.0 Å². The zero-order valence-electron chi connectivity index (χ0n) is 80.2. The van der Waals surface area contributed by atoms with Gasteiger partial charge in [0.25, 0.3) is 5.91 Å². The van der Waals surface area contributed by atoms with E-state index in [2.05, 4.69) is 31.3 Å². The monoisotopic (exact) mass is 1990 g/mol. The zero-order chi connectivity index (χ0) is 105. The molecule has 0 aromatic heterocycles. The van der Waals surface area contributed by atoms with Crippen LogP contribution in [0.1, 0.15) is 139 Å². The van der Waals surface area contributed by atoms with E-state index in [4.69, 9.17) is 69.9 Å². The quantitative estimate of drug-likeness (QED) is 0.00607. The fourth-order valence-electron chi connectivity index (χ4n) is 13.3. The molecule has 3 saturated heterocycles. The number of nitrogens with zero attached hydrogens (tertiary/aromatic N) is 3. The molecule has 137 heavy (non-hydrogen) atoms. The predicted octanol–water partition coefficient (Wildman–Crippen LogP) is 14.1. The van der Waals surface area contributed by atoms with Crippen LogP contribution in [-0.4, -0.2) is 184 Å². The maximum Gasteiger partial charge on any atom is 0.373 e. The number of nitrogens with two attached hydrogens (primary N) is 2. The summed E-state index contributed by atoms with van der Waals surface area (Å²) < 4.78 is 125. The third-order valence-electron chi connectivity index (χ3n) is 19.8. The van der Waals surface area contributed by atoms with Crippen molar-refractivity contribution in [2.75, 3.05) is 93.9 Å². The van der Waals surface area contributed by atoms with E-state index in [0.29, 0.717) is 43.3 Å². The van der Waals surface area contributed by atoms with Crippen molar-refractivity contribution in [2.45, 2.75) is 170 Å². The molecule has 33 nitrogen and oxygen atoms in total. The molecule has 0 aliphatic carbocycles. The van der Waals surface area contributed by atoms with Crippen molar-refractivity contribution in [2.24, 2.45) is 23.5 Å². The number of ether oxygens (including phenoxy) is 9. The van der Waals surface area contributed by atoms with Gasteiger partial charge < -0.3 is 69.8 Å². The van der Waals surface area contributed by atoms with Crippen LogP contribution in [0.2, 0.25) is 0 Å². The largest absolute Gasteiger partial charge is 0.497 e. The van der Waals surface area contributed by atoms with Gasteiger partial charge in [0.1, 0.15) is 51.5 Å². The molecule has 7 aromatic rings. The number of aliphatic carboxylic acids is 1. The van der Waals surface area contributed by atoms with Crippen LogP contribution in [0.25, 0.3) is 0 Å². The Balaban J connectivity index is 0.00000160. The van der Waals surface area contributed by atoms with Crippen molar-refractivity contribution in [3.63, 3.8) is 0 Å². The van der Waals surface area contributed by atoms with Crippen LogP contribution in [0.15, 0.2) is 170 Å². The molecule has 0 radical (unpaired) electrons. The summed E-state index contributed by atoms with van der Waals surface area (Å²) in [6, 6.07) is 37.5. The van der Waals surface area contributed by atoms with Gasteiger partial charge in [0, 0.05) is 90.2 Å². The molecular formula is C97H120BrF6N7O26. The number of benzene rings is 7. The third kappa shape index (κ3) is 36.2. The molecule has 3 fully saturated rings. The normalized spacial score (nSPS) is 16.3. The maximum atomic E-state index is 13.6. The molecule has 10 rings (SSSR count). The number of carbonyl (C=O) groups excluding carboxylic acids is 15. The van der Waals surface area contributed by atoms with E-state index >= 15 is 0 Å². The summed E-state index contributed by atoms with van der Waals surface area (Å²) in [5.41, 5.74) is 10.8. The van der Waals surface area contributed by atoms with Crippen LogP contribution in [-0.2, 0) is 123 Å². The number of aryl methyl sites for hydroxylation is 2. The number of anilines is 5. The van der Waals surface area contributed by atoms with Crippen LogP contribution in [0.5, 0.6) is 11.5 Å². The minimum Gasteiger partial charge on any atom is -0.497 e. The molecule has 0 bridgehead atoms. The number of rotatable bonds is 27. The van der Waals surface area contributed by atoms with Gasteiger partial charge in [0.15, 0.2) is 0 Å². The van der Waals surface area contributed by atoms with Crippen LogP contribution >= 0.6 is 15.9 Å². The first kappa shape index (κ1) is 121. The van der Waals surface area contributed by atoms with Crippen LogP contribution in [0, 0.1) is 60.7 Å². The van der Waals surface area contributed by atoms with Gasteiger partial charge in [0.2, 0.25) is 34.3 Å². The second-order valence-corrected chi connectivity index (χ2v) is 29.8. The molecule has 0 spiro atoms. The Kier molecular flexibility index (Phi) is 57.1. The Morgan fingerprint density at radius 3 is 1.20 bits per heavy atom. The number of hydrogen-bond donors (Lipinski definition) is 5. The maximum absolute atomic E-state index is 13.6. The van der Waals surface area contributed by atoms with Gasteiger partial charge >= 0.3 is 60.1 Å². The Morgan fingerprint density at radius 1 is 0.518 bits per heavy atom. The van der Waals surface area contributed by atoms with Crippen molar-refractivity contribution < 1.29 is 152 Å². The highest BCUT2D eigenvalue weighted by Gasteiger charge is 2.66. The number of nitrogen functional groups attached to an aromatic ring is 1. The van der Waals surface area contributed by atoms with Crippen molar-refractivity contribution >= 4 is 128 Å². The Hall–Kier alpha value is -14.1. The highest BCUT2D eigenvalue weighted by Crippen LogP contribution is 2.45. The van der Waals surface area contributed by atoms with Gasteiger partial charge in [-0.3, -0.25) is 43.1 Å². The van der Waals surface area contributed by atoms with Crippen molar-refractivity contribution in [3.05, 3.63) is 221 Å². The number of allylic oxidation sites excluding steroid dienone is 1. The molecule has 7 N–H and O–H groups in total. The molecule has 40 heteroatoms. The van der Waals surface area contributed by atoms with Crippen LogP contribution in [0.4, 0.5) is 54.8 Å². The molecule has 3 aliphatic heterocycles. The number of alkyl halides is 2. The molecule has 7 atom stereocenters. The predicted molar refractivity (Wildman–Crippen MR) is 496 cm³/mol. The lowest BCUT2D eigenvalue weighted by Crippen LogP contribution is -2.65. The van der Waals surface area contributed by atoms with Crippen molar-refractivity contribution in [1.82, 2.24) is 5.32 Å². The highest BCUT2D eigenvalue weighted by atomic mass is 79.9. The molecule has 748 valence electrons. The average molecular weight is 1990 g/mol. The topological polar surface area (TPSA) is 462 Å². The third-order valence-corrected chi connectivity index (χ3v) is 20.8. The van der Waals surface area contributed by atoms with E-state index in [1.165, 1.54) is 111 Å². The second-order valence-electron chi connectivity index (χ2n) is 28.6. The smallest absolute Gasteiger partial charge is 0.373 e. The SMILES string of the molecule is C/C=C/C(=O)OC.CCOC(=O)C(Br)CC.CCOC(=O)C(CC)Nc1ccc(F)cc1.CCOC(=O)C1(C(=O)NCc2ccc(OC)cc2C)C(C)CC(=O)N1c1ccc(F)cc1.CCOC(=O)C1(C(=O)O)C(C)CC(=O)N1c1ccc(F)cc1.CCOC(=O)C1(C(=O)OCC)C(C)CC(=O)N1c1ccc(F)cc1.COc1cc(C)ccc1CN.Nc1ccc(F)cc1.O=C=O.O=C=O.[2H]CF. The zero-order valence-corrected chi connectivity index (χ0v) is 80.8. The van der Waals surface area contributed by atoms with Gasteiger partial charge in [-0.15, -0.1) is 0 Å². The number of halogens is 7. The number of methoxy groups -OCH3 is 3. The molecule has 3 heterocycles. The number of carboxylic acids is 1. The van der Waals surface area contributed by atoms with Gasteiger partial charge in [-0.1, -0.05) is 74.8 Å². The molecular weight excluding hydrogens is 1870 g/mol. The number of nitrogens with one attached hydrogen (secondary N) is 2. The first-order chi connectivity index (χ1) is 65.5. The van der Waals surface area contributed by atoms with Gasteiger partial charge in [-0.2, -0.15) is 19.2 Å². The lowest BCUT2D eigenvalue weighted by molar-refractivity contribution is -0.193. The van der Waals surface area contributed by atoms with Crippen molar-refractivity contribution in [1.29, 1.82) is 0 Å². The van der Waals surface area contributed by atoms with Gasteiger partial charge in [0.05, 0.1) is 69.5 Å². The summed E-state index contributed by atoms with van der Waals surface area (Å²) in [6.45, 7) is 25.9. The standard InChI is InChI=1S/C24H27FN2O5.C17H20FNO5.C15H16FNO5.C12H16FNO2.C9H13NO.C6H11BrO2.C6H6FN.C5H8O2.CH3F.2CO2/c1-5-32-23(30)24(22(29)26-14-17-6-11-20(31-4)12-15(17)2)16(3)13-21(28)27(24)19-9-7-18(25)8-10-19;1-4-23-15(21)17(16(22)24-5-2)11(3)10-14(20)19(17)13-8-6-12(18)7-9-13;1-3-22-14(21)15(13(19)20)9(2)8-12(18)17(15)11-6-4-10(16)5-7-11;1-3-11(12(15)16-4-2)14-10-7-5-9(13)6-8-10;1-7-3-4-8(6-10)9(5-7)11-2;1-3-5(7)6(8)9-4-2;7-5-1-3-6(8)4-2-5;1-3-4-5(6)7-2;1-2;2*2-1-3/h6-12,16H,5,13-14H2,1-4H3,(H,26,29);6-9,11H,4-5,10H2,1-3H3;4-7,9H,3,8H2,1-2H3,(H,19,20);5-8,11,14H,3-4H2,1-2H3;3-5H,6,10H2,1-2H3;5H,3-4H2,1-2H3;1-4H,8H2;3-4H,1-2H3;1H3;;/b;;;;;;;4-3+;;;/i;;;;;;;;1D;;. The number of esters is 7. The summed E-state index contributed by atoms with van der Waals surface area (Å²) >= 11 is 3.17. The Morgan fingerprint density at radius 2 is 0.869 bits per heavy atom. The summed E-state index contributed by atoms with van der Waals surface area (Å²) in [5.74, 6) is -10.3. The fourth-order valence-corrected chi connectivity index (χ4v) is 13.4. The average Bonchev–Trinajstić information content (AvgIpc) is 1.58. The highest BCUT2D eigenvalue weighted by molar-refractivity contribution is 9.10. The van der Waals surface area contributed by atoms with E-state index in [0.717, 1.165) is 67.8 Å². The van der Waals surface area contributed by atoms with Crippen LogP contribution in [0.3, 0.4) is 0 Å². The number of carbonyl (C=O) groups is 12. The first-order valence-electron chi connectivity index (χ1n) is 43.2. The molecule has 3 aliphatic rings. The fraction of sp³-hybridized carbons (Fsp3) is 0.402. The Labute approximate surface area is 801 Å². The second kappa shape index (κ2) is 64.7. The summed E-state index contributed by atoms with van der Waals surface area (Å²) in [4.78, 5) is 182. The van der Waals surface area contributed by atoms with Crippen LogP contribution < -0.4 is 46.3 Å². The van der Waals surface area contributed by atoms with E-state index in [1.54, 1.807) is 101 Å². The van der Waals surface area contributed by atoms with Gasteiger partial charge in [-0.25, -0.2) is 55.5 Å². The number of amides is 4. The molecule has 7 aromatic carbocycles. The van der Waals surface area contributed by atoms with Gasteiger partial charge in [-0.05, 0) is 231 Å². The molecule has 7 unspecified atom stereocenters. The summed E-state index contributed by atoms with van der Waals surface area (Å²) in [7, 11) is 3.58. The number of carboxylic acid groups (broad SMARTS) is 1. The minimum atomic E-state index is -2.13. The number of hydrogen-bond acceptors (Lipinski definition) is 28. The summed E-state index contributed by atoms with van der Waals surface area (Å²) in [5, 5.41) is 15.5. The van der Waals surface area contributed by atoms with E-state index in [1.807, 2.05) is 58.0 Å². The Bertz CT molecular complexity index is 5070. The van der Waals surface area contributed by atoms with Crippen molar-refractivity contribution in [3.8, 4) is 11.5 Å². The first-order valence-corrected chi connectivity index (χ1v) is 43.4. The van der Waals surface area contributed by atoms with E-state index < -0.39 is 112 Å². The lowest BCUT2D eigenvalue weighted by atomic mass is 9.84.